The van der Waals surface area contributed by atoms with E-state index in [0.29, 0.717) is 0 Å². The fourth-order valence-electron chi connectivity index (χ4n) is 3.11. The number of rotatable bonds is 3. The molecule has 0 atom stereocenters. The van der Waals surface area contributed by atoms with Gasteiger partial charge in [0, 0.05) is 19.6 Å². The number of hydrogen-bond donors (Lipinski definition) is 0. The first-order valence-electron chi connectivity index (χ1n) is 6.80. The van der Waals surface area contributed by atoms with E-state index in [0.717, 1.165) is 45.6 Å². The van der Waals surface area contributed by atoms with Gasteiger partial charge in [-0.1, -0.05) is 12.5 Å². The lowest BCUT2D eigenvalue weighted by Crippen LogP contribution is -2.56. The van der Waals surface area contributed by atoms with Gasteiger partial charge in [-0.25, -0.2) is 0 Å². The predicted octanol–water partition coefficient (Wildman–Crippen LogP) is 2.02. The molecule has 2 aliphatic heterocycles. The largest absolute Gasteiger partial charge is 0.299 e. The van der Waals surface area contributed by atoms with Gasteiger partial charge in [-0.2, -0.15) is 5.26 Å². The van der Waals surface area contributed by atoms with Crippen LogP contribution in [0.1, 0.15) is 32.1 Å². The van der Waals surface area contributed by atoms with Gasteiger partial charge in [0.05, 0.1) is 6.07 Å². The molecule has 0 unspecified atom stereocenters. The summed E-state index contributed by atoms with van der Waals surface area (Å²) in [6.07, 6.45) is 7.81. The molecule has 3 nitrogen and oxygen atoms in total. The zero-order valence-electron chi connectivity index (χ0n) is 10.7. The molecule has 3 heteroatoms. The van der Waals surface area contributed by atoms with Crippen molar-refractivity contribution < 1.29 is 0 Å². The molecule has 0 N–H and O–H groups in total. The van der Waals surface area contributed by atoms with Crippen LogP contribution >= 0.6 is 0 Å². The first kappa shape index (κ1) is 12.6. The fourth-order valence-corrected chi connectivity index (χ4v) is 3.11. The fraction of sp³-hybridized carbons (Fsp3) is 0.786. The molecule has 0 aromatic carbocycles. The molecule has 2 heterocycles. The lowest BCUT2D eigenvalue weighted by atomic mass is 9.85. The quantitative estimate of drug-likeness (QED) is 0.699. The van der Waals surface area contributed by atoms with Crippen LogP contribution in [-0.2, 0) is 0 Å². The number of hydrogen-bond acceptors (Lipinski definition) is 3. The van der Waals surface area contributed by atoms with E-state index in [1.165, 1.54) is 19.3 Å². The topological polar surface area (TPSA) is 30.3 Å². The molecular weight excluding hydrogens is 210 g/mol. The molecule has 0 spiro atoms. The SMILES string of the molecule is C=CCN1CCC(C#N)(N2CCCCC2)CC1. The van der Waals surface area contributed by atoms with Crippen molar-refractivity contribution in [2.24, 2.45) is 0 Å². The van der Waals surface area contributed by atoms with Gasteiger partial charge < -0.3 is 0 Å². The first-order chi connectivity index (χ1) is 8.30. The second kappa shape index (κ2) is 5.66. The molecule has 0 aromatic rings. The molecule has 0 bridgehead atoms. The molecular formula is C14H23N3. The standard InChI is InChI=1S/C14H23N3/c1-2-8-16-11-6-14(13-15,7-12-16)17-9-4-3-5-10-17/h2H,1,3-12H2. The molecule has 0 aliphatic carbocycles. The number of nitriles is 1. The predicted molar refractivity (Wildman–Crippen MR) is 69.6 cm³/mol. The van der Waals surface area contributed by atoms with Gasteiger partial charge in [-0.15, -0.1) is 6.58 Å². The van der Waals surface area contributed by atoms with E-state index in [4.69, 9.17) is 0 Å². The van der Waals surface area contributed by atoms with Crippen LogP contribution in [0, 0.1) is 11.3 Å². The Morgan fingerprint density at radius 3 is 2.29 bits per heavy atom. The first-order valence-corrected chi connectivity index (χ1v) is 6.80. The number of likely N-dealkylation sites (tertiary alicyclic amines) is 2. The molecule has 0 radical (unpaired) electrons. The maximum Gasteiger partial charge on any atom is 0.111 e. The highest BCUT2D eigenvalue weighted by atomic mass is 15.2. The molecule has 2 saturated heterocycles. The van der Waals surface area contributed by atoms with Crippen LogP contribution < -0.4 is 0 Å². The Bertz CT molecular complexity index is 291. The summed E-state index contributed by atoms with van der Waals surface area (Å²) in [7, 11) is 0. The van der Waals surface area contributed by atoms with Crippen LogP contribution in [0.4, 0.5) is 0 Å². The summed E-state index contributed by atoms with van der Waals surface area (Å²) in [4.78, 5) is 4.84. The van der Waals surface area contributed by atoms with Crippen molar-refractivity contribution in [3.8, 4) is 6.07 Å². The van der Waals surface area contributed by atoms with Crippen molar-refractivity contribution in [3.05, 3.63) is 12.7 Å². The summed E-state index contributed by atoms with van der Waals surface area (Å²) >= 11 is 0. The molecule has 0 amide bonds. The second-order valence-corrected chi connectivity index (χ2v) is 5.28. The normalized spacial score (nSPS) is 26.3. The van der Waals surface area contributed by atoms with Crippen LogP contribution in [0.5, 0.6) is 0 Å². The highest BCUT2D eigenvalue weighted by Crippen LogP contribution is 2.30. The van der Waals surface area contributed by atoms with Crippen molar-refractivity contribution >= 4 is 0 Å². The van der Waals surface area contributed by atoms with Crippen molar-refractivity contribution in [3.63, 3.8) is 0 Å². The van der Waals surface area contributed by atoms with Gasteiger partial charge in [-0.3, -0.25) is 9.80 Å². The smallest absolute Gasteiger partial charge is 0.111 e. The summed E-state index contributed by atoms with van der Waals surface area (Å²) in [5.74, 6) is 0. The Balaban J connectivity index is 1.97. The Kier molecular flexibility index (Phi) is 4.20. The summed E-state index contributed by atoms with van der Waals surface area (Å²) in [6.45, 7) is 9.06. The monoisotopic (exact) mass is 233 g/mol. The third kappa shape index (κ3) is 2.70. The van der Waals surface area contributed by atoms with Gasteiger partial charge in [0.25, 0.3) is 0 Å². The van der Waals surface area contributed by atoms with Crippen molar-refractivity contribution in [1.82, 2.24) is 9.80 Å². The van der Waals surface area contributed by atoms with Crippen LogP contribution in [0.2, 0.25) is 0 Å². The molecule has 17 heavy (non-hydrogen) atoms. The highest BCUT2D eigenvalue weighted by Gasteiger charge is 2.40. The van der Waals surface area contributed by atoms with E-state index >= 15 is 0 Å². The maximum absolute atomic E-state index is 9.58. The summed E-state index contributed by atoms with van der Waals surface area (Å²) in [6, 6.07) is 2.62. The van der Waals surface area contributed by atoms with E-state index in [1.807, 2.05) is 6.08 Å². The lowest BCUT2D eigenvalue weighted by molar-refractivity contribution is 0.0502. The Hall–Kier alpha value is -0.850. The van der Waals surface area contributed by atoms with E-state index in [1.54, 1.807) is 0 Å². The maximum atomic E-state index is 9.58. The second-order valence-electron chi connectivity index (χ2n) is 5.28. The van der Waals surface area contributed by atoms with E-state index in [9.17, 15) is 5.26 Å². The van der Waals surface area contributed by atoms with Gasteiger partial charge >= 0.3 is 0 Å². The van der Waals surface area contributed by atoms with Crippen LogP contribution in [-0.4, -0.2) is 48.1 Å². The minimum atomic E-state index is -0.169. The van der Waals surface area contributed by atoms with Crippen molar-refractivity contribution in [1.29, 1.82) is 5.26 Å². The zero-order valence-corrected chi connectivity index (χ0v) is 10.7. The van der Waals surface area contributed by atoms with E-state index in [2.05, 4.69) is 22.4 Å². The van der Waals surface area contributed by atoms with Crippen LogP contribution in [0.3, 0.4) is 0 Å². The van der Waals surface area contributed by atoms with Crippen LogP contribution in [0.15, 0.2) is 12.7 Å². The molecule has 0 aromatic heterocycles. The van der Waals surface area contributed by atoms with E-state index in [-0.39, 0.29) is 5.54 Å². The summed E-state index contributed by atoms with van der Waals surface area (Å²) in [5, 5.41) is 9.58. The third-order valence-electron chi connectivity index (χ3n) is 4.24. The van der Waals surface area contributed by atoms with Gasteiger partial charge in [0.1, 0.15) is 5.54 Å². The Morgan fingerprint density at radius 2 is 1.76 bits per heavy atom. The summed E-state index contributed by atoms with van der Waals surface area (Å²) < 4.78 is 0. The van der Waals surface area contributed by atoms with Gasteiger partial charge in [0.15, 0.2) is 0 Å². The average Bonchev–Trinajstić information content (AvgIpc) is 2.41. The van der Waals surface area contributed by atoms with Crippen molar-refractivity contribution in [2.45, 2.75) is 37.6 Å². The Labute approximate surface area is 105 Å². The number of nitrogens with zero attached hydrogens (tertiary/aromatic N) is 3. The van der Waals surface area contributed by atoms with Gasteiger partial charge in [0.2, 0.25) is 0 Å². The highest BCUT2D eigenvalue weighted by molar-refractivity contribution is 5.11. The van der Waals surface area contributed by atoms with Gasteiger partial charge in [-0.05, 0) is 38.8 Å². The van der Waals surface area contributed by atoms with Crippen LogP contribution in [0.25, 0.3) is 0 Å². The van der Waals surface area contributed by atoms with Crippen molar-refractivity contribution in [2.75, 3.05) is 32.7 Å². The molecule has 2 rings (SSSR count). The minimum absolute atomic E-state index is 0.169. The Morgan fingerprint density at radius 1 is 1.12 bits per heavy atom. The molecule has 2 aliphatic rings. The molecule has 0 saturated carbocycles. The van der Waals surface area contributed by atoms with E-state index < -0.39 is 0 Å². The minimum Gasteiger partial charge on any atom is -0.299 e. The third-order valence-corrected chi connectivity index (χ3v) is 4.24. The number of piperidine rings is 2. The summed E-state index contributed by atoms with van der Waals surface area (Å²) in [5.41, 5.74) is -0.169. The molecule has 94 valence electrons. The molecule has 2 fully saturated rings. The lowest BCUT2D eigenvalue weighted by Gasteiger charge is -2.45. The average molecular weight is 233 g/mol. The zero-order chi connectivity index (χ0) is 12.1.